The lowest BCUT2D eigenvalue weighted by atomic mass is 10.1. The van der Waals surface area contributed by atoms with E-state index in [1.165, 1.54) is 21.0 Å². The molecule has 31 heavy (non-hydrogen) atoms. The van der Waals surface area contributed by atoms with E-state index >= 15 is 0 Å². The first kappa shape index (κ1) is 20.2. The molecule has 3 aliphatic rings. The molecule has 3 aliphatic heterocycles. The lowest BCUT2D eigenvalue weighted by Crippen LogP contribution is -2.41. The van der Waals surface area contributed by atoms with Crippen LogP contribution in [-0.4, -0.2) is 59.1 Å². The fraction of sp³-hybridized carbons (Fsp3) is 0.435. The van der Waals surface area contributed by atoms with Gasteiger partial charge in [0.2, 0.25) is 5.91 Å². The summed E-state index contributed by atoms with van der Waals surface area (Å²) in [6, 6.07) is 8.57. The largest absolute Gasteiger partial charge is 0.491 e. The van der Waals surface area contributed by atoms with Crippen LogP contribution in [0.1, 0.15) is 34.4 Å². The average Bonchev–Trinajstić information content (AvgIpc) is 3.13. The Bertz CT molecular complexity index is 1050. The van der Waals surface area contributed by atoms with Crippen LogP contribution in [0, 0.1) is 0 Å². The summed E-state index contributed by atoms with van der Waals surface area (Å²) in [7, 11) is 1.60. The van der Waals surface area contributed by atoms with Crippen molar-refractivity contribution in [2.45, 2.75) is 38.9 Å². The molecule has 0 fully saturated rings. The number of rotatable bonds is 3. The van der Waals surface area contributed by atoms with Crippen LogP contribution >= 0.6 is 11.3 Å². The number of ether oxygens (including phenoxy) is 1. The zero-order chi connectivity index (χ0) is 21.4. The van der Waals surface area contributed by atoms with Crippen molar-refractivity contribution in [2.24, 2.45) is 5.10 Å². The first-order valence-corrected chi connectivity index (χ1v) is 11.6. The van der Waals surface area contributed by atoms with Crippen molar-refractivity contribution in [1.82, 2.24) is 14.8 Å². The highest BCUT2D eigenvalue weighted by Crippen LogP contribution is 2.28. The van der Waals surface area contributed by atoms with E-state index in [0.29, 0.717) is 38.2 Å². The van der Waals surface area contributed by atoms with Crippen LogP contribution < -0.4 is 4.74 Å². The zero-order valence-electron chi connectivity index (χ0n) is 17.7. The van der Waals surface area contributed by atoms with Crippen LogP contribution in [0.15, 0.2) is 34.7 Å². The molecule has 1 aromatic carbocycles. The Hall–Kier alpha value is -2.71. The molecule has 0 atom stereocenters. The monoisotopic (exact) mass is 438 g/mol. The predicted molar refractivity (Wildman–Crippen MR) is 119 cm³/mol. The number of amides is 2. The first-order valence-electron chi connectivity index (χ1n) is 10.7. The number of carbonyl (C=O) groups is 2. The zero-order valence-corrected chi connectivity index (χ0v) is 18.5. The number of thiophene rings is 1. The second kappa shape index (κ2) is 8.43. The van der Waals surface area contributed by atoms with E-state index in [2.05, 4.69) is 33.6 Å². The molecule has 0 radical (unpaired) electrons. The Morgan fingerprint density at radius 3 is 2.90 bits per heavy atom. The van der Waals surface area contributed by atoms with Crippen molar-refractivity contribution in [3.05, 3.63) is 51.2 Å². The molecular weight excluding hydrogens is 412 g/mol. The maximum atomic E-state index is 13.1. The summed E-state index contributed by atoms with van der Waals surface area (Å²) in [6.45, 7) is 4.39. The molecule has 0 unspecified atom stereocenters. The second-order valence-corrected chi connectivity index (χ2v) is 9.31. The Morgan fingerprint density at radius 2 is 2.03 bits per heavy atom. The number of carbonyl (C=O) groups excluding carboxylic acids is 2. The molecule has 0 spiro atoms. The summed E-state index contributed by atoms with van der Waals surface area (Å²) in [5.74, 6) is 0.677. The van der Waals surface area contributed by atoms with Crippen LogP contribution in [0.25, 0.3) is 0 Å². The molecule has 0 bridgehead atoms. The van der Waals surface area contributed by atoms with E-state index < -0.39 is 0 Å². The molecule has 7 nitrogen and oxygen atoms in total. The first-order chi connectivity index (χ1) is 15.1. The molecular formula is C23H26N4O3S. The van der Waals surface area contributed by atoms with Gasteiger partial charge in [-0.15, -0.1) is 11.3 Å². The molecule has 8 heteroatoms. The highest BCUT2D eigenvalue weighted by atomic mass is 32.1. The third-order valence-corrected chi connectivity index (χ3v) is 7.16. The summed E-state index contributed by atoms with van der Waals surface area (Å²) >= 11 is 1.86. The van der Waals surface area contributed by atoms with Gasteiger partial charge >= 0.3 is 0 Å². The van der Waals surface area contributed by atoms with E-state index in [0.717, 1.165) is 37.4 Å². The van der Waals surface area contributed by atoms with Gasteiger partial charge < -0.3 is 9.64 Å². The Morgan fingerprint density at radius 1 is 1.13 bits per heavy atom. The molecule has 1 aromatic heterocycles. The minimum Gasteiger partial charge on any atom is -0.491 e. The fourth-order valence-corrected chi connectivity index (χ4v) is 5.32. The number of benzene rings is 1. The Labute approximate surface area is 185 Å². The number of fused-ring (bicyclic) bond motifs is 2. The molecule has 0 saturated heterocycles. The van der Waals surface area contributed by atoms with Crippen LogP contribution in [0.2, 0.25) is 0 Å². The van der Waals surface area contributed by atoms with Gasteiger partial charge in [-0.05, 0) is 41.1 Å². The highest BCUT2D eigenvalue weighted by molar-refractivity contribution is 7.10. The molecule has 0 aliphatic carbocycles. The van der Waals surface area contributed by atoms with Gasteiger partial charge in [-0.25, -0.2) is 5.01 Å². The maximum Gasteiger partial charge on any atom is 0.270 e. The van der Waals surface area contributed by atoms with Crippen molar-refractivity contribution < 1.29 is 14.3 Å². The molecule has 2 amide bonds. The molecule has 162 valence electrons. The van der Waals surface area contributed by atoms with Crippen molar-refractivity contribution >= 4 is 28.9 Å². The average molecular weight is 439 g/mol. The summed E-state index contributed by atoms with van der Waals surface area (Å²) in [5, 5.41) is 7.65. The summed E-state index contributed by atoms with van der Waals surface area (Å²) in [4.78, 5) is 30.5. The number of nitrogens with zero attached hydrogens (tertiary/aromatic N) is 4. The summed E-state index contributed by atoms with van der Waals surface area (Å²) in [6.07, 6.45) is 1.84. The lowest BCUT2D eigenvalue weighted by molar-refractivity contribution is -0.130. The van der Waals surface area contributed by atoms with Crippen LogP contribution in [0.3, 0.4) is 0 Å². The standard InChI is InChI=1S/C23H26N4O3S/c1-25-22(28)5-3-19(24-25)23(29)27-9-10-30-20-4-2-16(12-18(20)15-27)13-26-8-6-21-17(14-26)7-11-31-21/h2,4,7,11-12H,3,5-6,8-10,13-15H2,1H3. The SMILES string of the molecule is CN1N=C(C(=O)N2CCOc3ccc(CN4CCc5sccc5C4)cc3C2)CCC1=O. The van der Waals surface area contributed by atoms with Crippen molar-refractivity contribution in [3.63, 3.8) is 0 Å². The van der Waals surface area contributed by atoms with Gasteiger partial charge in [0.1, 0.15) is 18.1 Å². The maximum absolute atomic E-state index is 13.1. The minimum absolute atomic E-state index is 0.0574. The molecule has 0 N–H and O–H groups in total. The molecule has 4 heterocycles. The smallest absolute Gasteiger partial charge is 0.270 e. The van der Waals surface area contributed by atoms with Crippen LogP contribution in [0.4, 0.5) is 0 Å². The van der Waals surface area contributed by atoms with Crippen LogP contribution in [0.5, 0.6) is 5.75 Å². The van der Waals surface area contributed by atoms with Crippen LogP contribution in [-0.2, 0) is 35.6 Å². The predicted octanol–water partition coefficient (Wildman–Crippen LogP) is 2.64. The van der Waals surface area contributed by atoms with E-state index in [4.69, 9.17) is 4.74 Å². The van der Waals surface area contributed by atoms with E-state index in [1.54, 1.807) is 11.9 Å². The van der Waals surface area contributed by atoms with Crippen molar-refractivity contribution in [1.29, 1.82) is 0 Å². The molecule has 5 rings (SSSR count). The quantitative estimate of drug-likeness (QED) is 0.739. The van der Waals surface area contributed by atoms with Gasteiger partial charge in [-0.3, -0.25) is 14.5 Å². The minimum atomic E-state index is -0.109. The second-order valence-electron chi connectivity index (χ2n) is 8.31. The Balaban J connectivity index is 1.30. The fourth-order valence-electron chi connectivity index (χ4n) is 4.43. The highest BCUT2D eigenvalue weighted by Gasteiger charge is 2.28. The lowest BCUT2D eigenvalue weighted by Gasteiger charge is -2.27. The summed E-state index contributed by atoms with van der Waals surface area (Å²) < 4.78 is 5.92. The van der Waals surface area contributed by atoms with Gasteiger partial charge in [0, 0.05) is 56.5 Å². The van der Waals surface area contributed by atoms with Gasteiger partial charge in [0.25, 0.3) is 5.91 Å². The Kier molecular flexibility index (Phi) is 5.50. The van der Waals surface area contributed by atoms with E-state index in [9.17, 15) is 9.59 Å². The summed E-state index contributed by atoms with van der Waals surface area (Å²) in [5.41, 5.74) is 4.15. The van der Waals surface area contributed by atoms with Gasteiger partial charge in [-0.1, -0.05) is 6.07 Å². The van der Waals surface area contributed by atoms with E-state index in [1.807, 2.05) is 17.4 Å². The number of hydrazone groups is 1. The number of hydrogen-bond acceptors (Lipinski definition) is 6. The molecule has 2 aromatic rings. The van der Waals surface area contributed by atoms with Gasteiger partial charge in [0.05, 0.1) is 6.54 Å². The van der Waals surface area contributed by atoms with E-state index in [-0.39, 0.29) is 11.8 Å². The van der Waals surface area contributed by atoms with Crippen molar-refractivity contribution in [2.75, 3.05) is 26.7 Å². The number of hydrogen-bond donors (Lipinski definition) is 0. The van der Waals surface area contributed by atoms with Gasteiger partial charge in [0.15, 0.2) is 0 Å². The van der Waals surface area contributed by atoms with Crippen molar-refractivity contribution in [3.8, 4) is 5.75 Å². The third kappa shape index (κ3) is 4.22. The normalized spacial score (nSPS) is 19.3. The molecule has 0 saturated carbocycles. The van der Waals surface area contributed by atoms with Gasteiger partial charge in [-0.2, -0.15) is 5.10 Å². The third-order valence-electron chi connectivity index (χ3n) is 6.14. The topological polar surface area (TPSA) is 65.5 Å².